The van der Waals surface area contributed by atoms with Crippen LogP contribution in [0.1, 0.15) is 43.7 Å². The molecule has 0 spiro atoms. The third kappa shape index (κ3) is 3.35. The summed E-state index contributed by atoms with van der Waals surface area (Å²) in [6, 6.07) is 16.6. The first-order valence-corrected chi connectivity index (χ1v) is 8.62. The molecule has 2 aromatic rings. The zero-order chi connectivity index (χ0) is 17.2. The molecule has 1 amide bonds. The van der Waals surface area contributed by atoms with Crippen molar-refractivity contribution in [3.63, 3.8) is 0 Å². The molecular formula is C21H24FNO. The van der Waals surface area contributed by atoms with Gasteiger partial charge in [-0.05, 0) is 42.0 Å². The van der Waals surface area contributed by atoms with Gasteiger partial charge in [-0.3, -0.25) is 4.79 Å². The lowest BCUT2D eigenvalue weighted by Crippen LogP contribution is -2.38. The fourth-order valence-electron chi connectivity index (χ4n) is 3.35. The van der Waals surface area contributed by atoms with Crippen molar-refractivity contribution >= 4 is 5.91 Å². The van der Waals surface area contributed by atoms with Gasteiger partial charge < -0.3 is 5.32 Å². The van der Waals surface area contributed by atoms with Crippen molar-refractivity contribution < 1.29 is 9.18 Å². The minimum atomic E-state index is -0.452. The highest BCUT2D eigenvalue weighted by Gasteiger charge is 2.51. The molecule has 0 aromatic heterocycles. The van der Waals surface area contributed by atoms with E-state index in [2.05, 4.69) is 31.3 Å². The summed E-state index contributed by atoms with van der Waals surface area (Å²) in [7, 11) is 0. The van der Waals surface area contributed by atoms with Crippen LogP contribution in [0, 0.1) is 11.7 Å². The van der Waals surface area contributed by atoms with E-state index in [0.29, 0.717) is 18.4 Å². The lowest BCUT2D eigenvalue weighted by Gasteiger charge is -2.24. The van der Waals surface area contributed by atoms with Crippen molar-refractivity contribution in [3.8, 4) is 0 Å². The quantitative estimate of drug-likeness (QED) is 0.837. The number of hydrogen-bond donors (Lipinski definition) is 1. The third-order valence-electron chi connectivity index (χ3n) is 5.10. The second-order valence-corrected chi connectivity index (χ2v) is 7.06. The molecule has 3 heteroatoms. The standard InChI is InChI=1S/C21H24FNO/c1-15(2)19(16-6-4-3-5-7-16)14-23-20(24)21(12-13-21)17-8-10-18(22)11-9-17/h3-11,15,19H,12-14H2,1-2H3,(H,23,24). The Hall–Kier alpha value is -2.16. The molecule has 1 aliphatic carbocycles. The van der Waals surface area contributed by atoms with Gasteiger partial charge in [0, 0.05) is 12.5 Å². The molecule has 2 aromatic carbocycles. The van der Waals surface area contributed by atoms with E-state index in [-0.39, 0.29) is 11.7 Å². The van der Waals surface area contributed by atoms with E-state index in [0.717, 1.165) is 18.4 Å². The topological polar surface area (TPSA) is 29.1 Å². The predicted octanol–water partition coefficient (Wildman–Crippen LogP) is 4.41. The molecule has 1 saturated carbocycles. The Kier molecular flexibility index (Phi) is 4.70. The van der Waals surface area contributed by atoms with Gasteiger partial charge in [-0.25, -0.2) is 4.39 Å². The Labute approximate surface area is 143 Å². The van der Waals surface area contributed by atoms with Gasteiger partial charge in [-0.2, -0.15) is 0 Å². The lowest BCUT2D eigenvalue weighted by atomic mass is 9.88. The summed E-state index contributed by atoms with van der Waals surface area (Å²) in [6.45, 7) is 4.98. The number of hydrogen-bond acceptors (Lipinski definition) is 1. The molecular weight excluding hydrogens is 301 g/mol. The molecule has 2 nitrogen and oxygen atoms in total. The summed E-state index contributed by atoms with van der Waals surface area (Å²) in [5.41, 5.74) is 1.72. The first kappa shape index (κ1) is 16.7. The maximum Gasteiger partial charge on any atom is 0.230 e. The lowest BCUT2D eigenvalue weighted by molar-refractivity contribution is -0.123. The second kappa shape index (κ2) is 6.76. The van der Waals surface area contributed by atoms with Gasteiger partial charge in [0.05, 0.1) is 5.41 Å². The number of carbonyl (C=O) groups is 1. The number of benzene rings is 2. The van der Waals surface area contributed by atoms with Gasteiger partial charge in [0.1, 0.15) is 5.82 Å². The van der Waals surface area contributed by atoms with E-state index in [4.69, 9.17) is 0 Å². The first-order valence-electron chi connectivity index (χ1n) is 8.62. The number of rotatable bonds is 6. The maximum atomic E-state index is 13.1. The summed E-state index contributed by atoms with van der Waals surface area (Å²) in [5, 5.41) is 3.15. The monoisotopic (exact) mass is 325 g/mol. The summed E-state index contributed by atoms with van der Waals surface area (Å²) in [5.74, 6) is 0.530. The maximum absolute atomic E-state index is 13.1. The van der Waals surface area contributed by atoms with Crippen molar-refractivity contribution in [1.82, 2.24) is 5.32 Å². The Bertz CT molecular complexity index is 690. The van der Waals surface area contributed by atoms with Gasteiger partial charge in [0.15, 0.2) is 0 Å². The predicted molar refractivity (Wildman–Crippen MR) is 94.3 cm³/mol. The molecule has 0 radical (unpaired) electrons. The van der Waals surface area contributed by atoms with Crippen LogP contribution in [0.5, 0.6) is 0 Å². The van der Waals surface area contributed by atoms with Crippen LogP contribution in [0.2, 0.25) is 0 Å². The molecule has 0 bridgehead atoms. The van der Waals surface area contributed by atoms with Gasteiger partial charge in [-0.15, -0.1) is 0 Å². The van der Waals surface area contributed by atoms with E-state index < -0.39 is 5.41 Å². The van der Waals surface area contributed by atoms with Crippen LogP contribution in [0.4, 0.5) is 4.39 Å². The summed E-state index contributed by atoms with van der Waals surface area (Å²) >= 11 is 0. The summed E-state index contributed by atoms with van der Waals surface area (Å²) in [6.07, 6.45) is 1.67. The normalized spacial score (nSPS) is 16.7. The van der Waals surface area contributed by atoms with Crippen molar-refractivity contribution in [3.05, 3.63) is 71.5 Å². The molecule has 24 heavy (non-hydrogen) atoms. The Balaban J connectivity index is 1.69. The van der Waals surface area contributed by atoms with E-state index in [1.165, 1.54) is 17.7 Å². The van der Waals surface area contributed by atoms with Crippen molar-refractivity contribution in [2.75, 3.05) is 6.54 Å². The average molecular weight is 325 g/mol. The van der Waals surface area contributed by atoms with E-state index >= 15 is 0 Å². The van der Waals surface area contributed by atoms with Crippen molar-refractivity contribution in [1.29, 1.82) is 0 Å². The molecule has 1 fully saturated rings. The fraction of sp³-hybridized carbons (Fsp3) is 0.381. The minimum absolute atomic E-state index is 0.0655. The molecule has 0 saturated heterocycles. The van der Waals surface area contributed by atoms with Crippen molar-refractivity contribution in [2.24, 2.45) is 5.92 Å². The highest BCUT2D eigenvalue weighted by Crippen LogP contribution is 2.48. The van der Waals surface area contributed by atoms with Crippen LogP contribution in [-0.4, -0.2) is 12.5 Å². The second-order valence-electron chi connectivity index (χ2n) is 7.06. The SMILES string of the molecule is CC(C)C(CNC(=O)C1(c2ccc(F)cc2)CC1)c1ccccc1. The molecule has 1 aliphatic rings. The fourth-order valence-corrected chi connectivity index (χ4v) is 3.35. The number of carbonyl (C=O) groups excluding carboxylic acids is 1. The number of halogens is 1. The largest absolute Gasteiger partial charge is 0.355 e. The molecule has 126 valence electrons. The minimum Gasteiger partial charge on any atom is -0.355 e. The Morgan fingerprint density at radius 1 is 1.08 bits per heavy atom. The van der Waals surface area contributed by atoms with Crippen LogP contribution in [0.3, 0.4) is 0 Å². The van der Waals surface area contributed by atoms with Crippen LogP contribution < -0.4 is 5.32 Å². The highest BCUT2D eigenvalue weighted by molar-refractivity contribution is 5.91. The van der Waals surface area contributed by atoms with Crippen LogP contribution >= 0.6 is 0 Å². The van der Waals surface area contributed by atoms with Gasteiger partial charge in [0.25, 0.3) is 0 Å². The summed E-state index contributed by atoms with van der Waals surface area (Å²) < 4.78 is 13.1. The van der Waals surface area contributed by atoms with Gasteiger partial charge in [0.2, 0.25) is 5.91 Å². The van der Waals surface area contributed by atoms with Crippen LogP contribution in [0.15, 0.2) is 54.6 Å². The zero-order valence-corrected chi connectivity index (χ0v) is 14.3. The molecule has 1 atom stereocenters. The molecule has 1 N–H and O–H groups in total. The zero-order valence-electron chi connectivity index (χ0n) is 14.3. The summed E-state index contributed by atoms with van der Waals surface area (Å²) in [4.78, 5) is 12.8. The van der Waals surface area contributed by atoms with E-state index in [9.17, 15) is 9.18 Å². The average Bonchev–Trinajstić information content (AvgIpc) is 3.38. The molecule has 0 aliphatic heterocycles. The highest BCUT2D eigenvalue weighted by atomic mass is 19.1. The Morgan fingerprint density at radius 3 is 2.25 bits per heavy atom. The first-order chi connectivity index (χ1) is 11.5. The van der Waals surface area contributed by atoms with E-state index in [1.807, 2.05) is 18.2 Å². The molecule has 0 heterocycles. The van der Waals surface area contributed by atoms with Gasteiger partial charge in [-0.1, -0.05) is 56.3 Å². The molecule has 1 unspecified atom stereocenters. The third-order valence-corrected chi connectivity index (χ3v) is 5.10. The van der Waals surface area contributed by atoms with Crippen LogP contribution in [0.25, 0.3) is 0 Å². The number of nitrogens with one attached hydrogen (secondary N) is 1. The number of amides is 1. The smallest absolute Gasteiger partial charge is 0.230 e. The van der Waals surface area contributed by atoms with E-state index in [1.54, 1.807) is 12.1 Å². The molecule has 3 rings (SSSR count). The van der Waals surface area contributed by atoms with Crippen molar-refractivity contribution in [2.45, 2.75) is 38.0 Å². The Morgan fingerprint density at radius 2 is 1.71 bits per heavy atom. The van der Waals surface area contributed by atoms with Crippen LogP contribution in [-0.2, 0) is 10.2 Å². The van der Waals surface area contributed by atoms with Gasteiger partial charge >= 0.3 is 0 Å².